The first-order valence-corrected chi connectivity index (χ1v) is 10.4. The summed E-state index contributed by atoms with van der Waals surface area (Å²) in [6.45, 7) is 7.59. The molecule has 1 aliphatic rings. The highest BCUT2D eigenvalue weighted by Crippen LogP contribution is 2.20. The predicted octanol–water partition coefficient (Wildman–Crippen LogP) is 1.16. The first-order valence-electron chi connectivity index (χ1n) is 8.96. The third kappa shape index (κ3) is 5.69. The number of methoxy groups -OCH3 is 1. The maximum atomic E-state index is 12.7. The fraction of sp³-hybridized carbons (Fsp3) is 0.611. The molecular formula is C18H29N3O4S. The Balaban J connectivity index is 1.80. The van der Waals surface area contributed by atoms with Gasteiger partial charge in [-0.3, -0.25) is 9.69 Å². The van der Waals surface area contributed by atoms with Crippen LogP contribution < -0.4 is 10.1 Å². The van der Waals surface area contributed by atoms with Crippen molar-refractivity contribution in [3.63, 3.8) is 0 Å². The van der Waals surface area contributed by atoms with Crippen molar-refractivity contribution in [2.24, 2.45) is 5.92 Å². The Morgan fingerprint density at radius 2 is 1.77 bits per heavy atom. The minimum absolute atomic E-state index is 0.0701. The van der Waals surface area contributed by atoms with Gasteiger partial charge in [0.05, 0.1) is 12.0 Å². The summed E-state index contributed by atoms with van der Waals surface area (Å²) in [4.78, 5) is 14.1. The lowest BCUT2D eigenvalue weighted by atomic mass is 10.1. The molecule has 1 N–H and O–H groups in total. The van der Waals surface area contributed by atoms with Crippen LogP contribution in [-0.2, 0) is 14.8 Å². The zero-order valence-electron chi connectivity index (χ0n) is 15.8. The number of carbonyl (C=O) groups is 1. The summed E-state index contributed by atoms with van der Waals surface area (Å²) in [6, 6.07) is 6.46. The van der Waals surface area contributed by atoms with Gasteiger partial charge in [-0.05, 0) is 30.2 Å². The van der Waals surface area contributed by atoms with Crippen LogP contribution in [0.25, 0.3) is 0 Å². The predicted molar refractivity (Wildman–Crippen MR) is 101 cm³/mol. The molecule has 146 valence electrons. The molecule has 0 atom stereocenters. The van der Waals surface area contributed by atoms with Crippen LogP contribution in [0.3, 0.4) is 0 Å². The Labute approximate surface area is 156 Å². The van der Waals surface area contributed by atoms with Crippen LogP contribution in [0.1, 0.15) is 20.3 Å². The number of ether oxygens (including phenoxy) is 1. The number of hydrogen-bond acceptors (Lipinski definition) is 5. The van der Waals surface area contributed by atoms with Crippen LogP contribution in [0.2, 0.25) is 0 Å². The third-order valence-electron chi connectivity index (χ3n) is 4.37. The molecule has 1 aliphatic heterocycles. The Bertz CT molecular complexity index is 681. The zero-order valence-corrected chi connectivity index (χ0v) is 16.6. The van der Waals surface area contributed by atoms with Crippen LogP contribution in [0.5, 0.6) is 5.75 Å². The van der Waals surface area contributed by atoms with Gasteiger partial charge in [0.25, 0.3) is 0 Å². The molecular weight excluding hydrogens is 354 g/mol. The third-order valence-corrected chi connectivity index (χ3v) is 6.29. The van der Waals surface area contributed by atoms with Gasteiger partial charge in [-0.2, -0.15) is 4.31 Å². The molecule has 2 rings (SSSR count). The average Bonchev–Trinajstić information content (AvgIpc) is 2.61. The smallest absolute Gasteiger partial charge is 0.243 e. The summed E-state index contributed by atoms with van der Waals surface area (Å²) in [5.74, 6) is 1.05. The van der Waals surface area contributed by atoms with E-state index in [0.717, 1.165) is 6.54 Å². The van der Waals surface area contributed by atoms with E-state index in [2.05, 4.69) is 10.2 Å². The largest absolute Gasteiger partial charge is 0.497 e. The van der Waals surface area contributed by atoms with Crippen molar-refractivity contribution >= 4 is 15.9 Å². The van der Waals surface area contributed by atoms with Gasteiger partial charge in [0.1, 0.15) is 5.75 Å². The number of hydrogen-bond donors (Lipinski definition) is 1. The summed E-state index contributed by atoms with van der Waals surface area (Å²) in [5.41, 5.74) is 0. The topological polar surface area (TPSA) is 79.0 Å². The van der Waals surface area contributed by atoms with Crippen LogP contribution in [-0.4, -0.2) is 69.9 Å². The molecule has 1 saturated heterocycles. The van der Waals surface area contributed by atoms with E-state index in [1.807, 2.05) is 13.8 Å². The molecule has 0 radical (unpaired) electrons. The summed E-state index contributed by atoms with van der Waals surface area (Å²) in [7, 11) is -1.93. The highest BCUT2D eigenvalue weighted by atomic mass is 32.2. The van der Waals surface area contributed by atoms with Crippen LogP contribution in [0.4, 0.5) is 0 Å². The Hall–Kier alpha value is -1.64. The van der Waals surface area contributed by atoms with Gasteiger partial charge in [0.15, 0.2) is 0 Å². The Morgan fingerprint density at radius 1 is 1.15 bits per heavy atom. The van der Waals surface area contributed by atoms with Crippen LogP contribution >= 0.6 is 0 Å². The van der Waals surface area contributed by atoms with Crippen molar-refractivity contribution in [3.8, 4) is 5.75 Å². The van der Waals surface area contributed by atoms with E-state index in [9.17, 15) is 13.2 Å². The summed E-state index contributed by atoms with van der Waals surface area (Å²) in [5, 5.41) is 2.92. The molecule has 0 aliphatic carbocycles. The van der Waals surface area contributed by atoms with Crippen molar-refractivity contribution < 1.29 is 17.9 Å². The molecule has 1 aromatic rings. The molecule has 0 unspecified atom stereocenters. The number of nitrogens with one attached hydrogen (secondary N) is 1. The molecule has 8 heteroatoms. The number of amides is 1. The van der Waals surface area contributed by atoms with E-state index in [0.29, 0.717) is 50.8 Å². The second kappa shape index (κ2) is 9.34. The summed E-state index contributed by atoms with van der Waals surface area (Å²) >= 11 is 0. The number of benzene rings is 1. The normalized spacial score (nSPS) is 16.6. The van der Waals surface area contributed by atoms with E-state index >= 15 is 0 Å². The van der Waals surface area contributed by atoms with Gasteiger partial charge >= 0.3 is 0 Å². The maximum absolute atomic E-state index is 12.7. The lowest BCUT2D eigenvalue weighted by Crippen LogP contribution is -2.50. The molecule has 26 heavy (non-hydrogen) atoms. The minimum Gasteiger partial charge on any atom is -0.497 e. The van der Waals surface area contributed by atoms with Gasteiger partial charge in [0, 0.05) is 45.7 Å². The second-order valence-corrected chi connectivity index (χ2v) is 8.81. The maximum Gasteiger partial charge on any atom is 0.243 e. The molecule has 1 amide bonds. The number of sulfonamides is 1. The van der Waals surface area contributed by atoms with E-state index in [4.69, 9.17) is 4.74 Å². The monoisotopic (exact) mass is 383 g/mol. The van der Waals surface area contributed by atoms with Crippen molar-refractivity contribution in [2.75, 3.05) is 46.4 Å². The Kier molecular flexibility index (Phi) is 7.43. The van der Waals surface area contributed by atoms with Crippen molar-refractivity contribution in [3.05, 3.63) is 24.3 Å². The first kappa shape index (κ1) is 20.7. The summed E-state index contributed by atoms with van der Waals surface area (Å²) < 4.78 is 32.0. The lowest BCUT2D eigenvalue weighted by Gasteiger charge is -2.34. The molecule has 1 heterocycles. The van der Waals surface area contributed by atoms with Gasteiger partial charge in [-0.15, -0.1) is 0 Å². The minimum atomic E-state index is -3.48. The van der Waals surface area contributed by atoms with Gasteiger partial charge in [0.2, 0.25) is 15.9 Å². The fourth-order valence-electron chi connectivity index (χ4n) is 2.89. The fourth-order valence-corrected chi connectivity index (χ4v) is 4.31. The highest BCUT2D eigenvalue weighted by molar-refractivity contribution is 7.89. The molecule has 0 spiro atoms. The van der Waals surface area contributed by atoms with Crippen molar-refractivity contribution in [1.82, 2.24) is 14.5 Å². The standard InChI is InChI=1S/C18H29N3O4S/c1-15(2)14-18(22)19-8-9-20-10-12-21(13-11-20)26(23,24)17-6-4-16(25-3)5-7-17/h4-7,15H,8-14H2,1-3H3,(H,19,22). The molecule has 0 aromatic heterocycles. The van der Waals surface area contributed by atoms with Crippen molar-refractivity contribution in [2.45, 2.75) is 25.2 Å². The average molecular weight is 384 g/mol. The Morgan fingerprint density at radius 3 is 2.31 bits per heavy atom. The quantitative estimate of drug-likeness (QED) is 0.729. The van der Waals surface area contributed by atoms with Crippen LogP contribution in [0, 0.1) is 5.92 Å². The van der Waals surface area contributed by atoms with Crippen LogP contribution in [0.15, 0.2) is 29.2 Å². The van der Waals surface area contributed by atoms with Gasteiger partial charge in [-0.1, -0.05) is 13.8 Å². The first-order chi connectivity index (χ1) is 12.3. The second-order valence-electron chi connectivity index (χ2n) is 6.87. The molecule has 0 saturated carbocycles. The number of rotatable bonds is 8. The molecule has 1 aromatic carbocycles. The van der Waals surface area contributed by atoms with Gasteiger partial charge < -0.3 is 10.1 Å². The molecule has 7 nitrogen and oxygen atoms in total. The summed E-state index contributed by atoms with van der Waals surface area (Å²) in [6.07, 6.45) is 0.536. The molecule has 0 bridgehead atoms. The van der Waals surface area contributed by atoms with E-state index in [1.54, 1.807) is 31.4 Å². The van der Waals surface area contributed by atoms with E-state index in [1.165, 1.54) is 4.31 Å². The SMILES string of the molecule is COc1ccc(S(=O)(=O)N2CCN(CCNC(=O)CC(C)C)CC2)cc1. The van der Waals surface area contributed by atoms with Gasteiger partial charge in [-0.25, -0.2) is 8.42 Å². The number of piperazine rings is 1. The van der Waals surface area contributed by atoms with E-state index < -0.39 is 10.0 Å². The molecule has 1 fully saturated rings. The van der Waals surface area contributed by atoms with Crippen molar-refractivity contribution in [1.29, 1.82) is 0 Å². The zero-order chi connectivity index (χ0) is 19.2. The highest BCUT2D eigenvalue weighted by Gasteiger charge is 2.28. The lowest BCUT2D eigenvalue weighted by molar-refractivity contribution is -0.121. The van der Waals surface area contributed by atoms with E-state index in [-0.39, 0.29) is 10.8 Å². The number of nitrogens with zero attached hydrogens (tertiary/aromatic N) is 2. The number of carbonyl (C=O) groups excluding carboxylic acids is 1.